The predicted octanol–water partition coefficient (Wildman–Crippen LogP) is 2.23. The Morgan fingerprint density at radius 3 is 2.11 bits per heavy atom. The smallest absolute Gasteiger partial charge is 0.248 e. The van der Waals surface area contributed by atoms with E-state index in [2.05, 4.69) is 13.8 Å². The fraction of sp³-hybridized carbons (Fsp3) is 0.500. The average molecular weight is 267 g/mol. The summed E-state index contributed by atoms with van der Waals surface area (Å²) in [5, 5.41) is 0. The van der Waals surface area contributed by atoms with E-state index >= 15 is 0 Å². The van der Waals surface area contributed by atoms with Gasteiger partial charge in [-0.25, -0.2) is 0 Å². The van der Waals surface area contributed by atoms with Crippen molar-refractivity contribution in [2.75, 3.05) is 20.8 Å². The predicted molar refractivity (Wildman–Crippen MR) is 73.0 cm³/mol. The molecule has 5 nitrogen and oxygen atoms in total. The Morgan fingerprint density at radius 1 is 1.21 bits per heavy atom. The maximum atomic E-state index is 11.2. The Labute approximate surface area is 113 Å². The molecule has 2 N–H and O–H groups in total. The fourth-order valence-electron chi connectivity index (χ4n) is 1.56. The van der Waals surface area contributed by atoms with Gasteiger partial charge >= 0.3 is 0 Å². The van der Waals surface area contributed by atoms with E-state index in [0.717, 1.165) is 6.42 Å². The van der Waals surface area contributed by atoms with Crippen molar-refractivity contribution in [3.8, 4) is 17.2 Å². The van der Waals surface area contributed by atoms with E-state index in [9.17, 15) is 4.79 Å². The molecule has 1 rings (SSSR count). The second-order valence-corrected chi connectivity index (χ2v) is 4.61. The third kappa shape index (κ3) is 4.05. The normalized spacial score (nSPS) is 10.4. The van der Waals surface area contributed by atoms with Crippen molar-refractivity contribution < 1.29 is 19.0 Å². The molecule has 0 aliphatic heterocycles. The van der Waals surface area contributed by atoms with Gasteiger partial charge in [-0.2, -0.15) is 0 Å². The van der Waals surface area contributed by atoms with Gasteiger partial charge in [0.25, 0.3) is 0 Å². The molecule has 1 aromatic carbocycles. The summed E-state index contributed by atoms with van der Waals surface area (Å²) in [4.78, 5) is 11.2. The molecular weight excluding hydrogens is 246 g/mol. The van der Waals surface area contributed by atoms with Crippen molar-refractivity contribution in [1.82, 2.24) is 0 Å². The van der Waals surface area contributed by atoms with Crippen LogP contribution in [0.3, 0.4) is 0 Å². The minimum Gasteiger partial charge on any atom is -0.493 e. The van der Waals surface area contributed by atoms with E-state index in [1.165, 1.54) is 14.2 Å². The summed E-state index contributed by atoms with van der Waals surface area (Å²) in [6.07, 6.45) is 0.921. The monoisotopic (exact) mass is 267 g/mol. The summed E-state index contributed by atoms with van der Waals surface area (Å²) in [6.45, 7) is 4.79. The first-order chi connectivity index (χ1) is 8.99. The summed E-state index contributed by atoms with van der Waals surface area (Å²) >= 11 is 0. The van der Waals surface area contributed by atoms with E-state index < -0.39 is 5.91 Å². The molecule has 0 aromatic heterocycles. The van der Waals surface area contributed by atoms with Crippen molar-refractivity contribution >= 4 is 5.91 Å². The molecule has 0 unspecified atom stereocenters. The third-order valence-electron chi connectivity index (χ3n) is 2.69. The molecule has 19 heavy (non-hydrogen) atoms. The van der Waals surface area contributed by atoms with Crippen LogP contribution in [0, 0.1) is 5.92 Å². The number of hydrogen-bond donors (Lipinski definition) is 1. The Morgan fingerprint density at radius 2 is 1.74 bits per heavy atom. The first-order valence-electron chi connectivity index (χ1n) is 6.18. The molecule has 0 spiro atoms. The van der Waals surface area contributed by atoms with E-state index in [-0.39, 0.29) is 0 Å². The zero-order chi connectivity index (χ0) is 14.4. The Hall–Kier alpha value is -1.91. The fourth-order valence-corrected chi connectivity index (χ4v) is 1.56. The van der Waals surface area contributed by atoms with E-state index in [1.807, 2.05) is 0 Å². The van der Waals surface area contributed by atoms with Crippen LogP contribution in [0.15, 0.2) is 12.1 Å². The first kappa shape index (κ1) is 15.1. The van der Waals surface area contributed by atoms with E-state index in [1.54, 1.807) is 12.1 Å². The van der Waals surface area contributed by atoms with Gasteiger partial charge in [-0.3, -0.25) is 4.79 Å². The SMILES string of the molecule is COc1cc(C(N)=O)cc(OC)c1OCCC(C)C. The number of benzene rings is 1. The van der Waals surface area contributed by atoms with Crippen LogP contribution in [0.25, 0.3) is 0 Å². The standard InChI is InChI=1S/C14H21NO4/c1-9(2)5-6-19-13-11(17-3)7-10(14(15)16)8-12(13)18-4/h7-9H,5-6H2,1-4H3,(H2,15,16). The van der Waals surface area contributed by atoms with Crippen molar-refractivity contribution in [1.29, 1.82) is 0 Å². The molecule has 0 fully saturated rings. The minimum absolute atomic E-state index is 0.324. The molecule has 106 valence electrons. The van der Waals surface area contributed by atoms with Gasteiger partial charge in [-0.1, -0.05) is 13.8 Å². The number of hydrogen-bond acceptors (Lipinski definition) is 4. The van der Waals surface area contributed by atoms with Crippen molar-refractivity contribution in [3.63, 3.8) is 0 Å². The van der Waals surface area contributed by atoms with Crippen LogP contribution in [0.5, 0.6) is 17.2 Å². The van der Waals surface area contributed by atoms with E-state index in [4.69, 9.17) is 19.9 Å². The Balaban J connectivity index is 3.03. The molecule has 1 amide bonds. The zero-order valence-corrected chi connectivity index (χ0v) is 11.9. The van der Waals surface area contributed by atoms with Crippen LogP contribution in [-0.2, 0) is 0 Å². The Bertz CT molecular complexity index is 418. The quantitative estimate of drug-likeness (QED) is 0.822. The lowest BCUT2D eigenvalue weighted by Gasteiger charge is -2.16. The van der Waals surface area contributed by atoms with Gasteiger partial charge in [0.2, 0.25) is 11.7 Å². The lowest BCUT2D eigenvalue weighted by molar-refractivity contribution is 0.0999. The highest BCUT2D eigenvalue weighted by Gasteiger charge is 2.16. The highest BCUT2D eigenvalue weighted by molar-refractivity contribution is 5.94. The topological polar surface area (TPSA) is 70.8 Å². The van der Waals surface area contributed by atoms with Crippen LogP contribution < -0.4 is 19.9 Å². The van der Waals surface area contributed by atoms with Crippen LogP contribution in [0.2, 0.25) is 0 Å². The van der Waals surface area contributed by atoms with Gasteiger partial charge in [0, 0.05) is 5.56 Å². The van der Waals surface area contributed by atoms with Crippen molar-refractivity contribution in [2.24, 2.45) is 11.7 Å². The number of primary amides is 1. The highest BCUT2D eigenvalue weighted by atomic mass is 16.5. The molecule has 0 bridgehead atoms. The average Bonchev–Trinajstić information content (AvgIpc) is 2.37. The maximum Gasteiger partial charge on any atom is 0.248 e. The first-order valence-corrected chi connectivity index (χ1v) is 6.18. The maximum absolute atomic E-state index is 11.2. The molecule has 0 heterocycles. The van der Waals surface area contributed by atoms with Gasteiger partial charge in [0.15, 0.2) is 11.5 Å². The second-order valence-electron chi connectivity index (χ2n) is 4.61. The number of amides is 1. The number of nitrogens with two attached hydrogens (primary N) is 1. The molecule has 0 aliphatic carbocycles. The van der Waals surface area contributed by atoms with Crippen molar-refractivity contribution in [3.05, 3.63) is 17.7 Å². The summed E-state index contributed by atoms with van der Waals surface area (Å²) < 4.78 is 16.1. The number of carbonyl (C=O) groups excluding carboxylic acids is 1. The number of carbonyl (C=O) groups is 1. The van der Waals surface area contributed by atoms with Gasteiger partial charge < -0.3 is 19.9 Å². The minimum atomic E-state index is -0.537. The summed E-state index contributed by atoms with van der Waals surface area (Å²) in [6, 6.07) is 3.10. The van der Waals surface area contributed by atoms with Crippen LogP contribution in [0.4, 0.5) is 0 Å². The number of methoxy groups -OCH3 is 2. The third-order valence-corrected chi connectivity index (χ3v) is 2.69. The molecule has 0 radical (unpaired) electrons. The number of ether oxygens (including phenoxy) is 3. The summed E-state index contributed by atoms with van der Waals surface area (Å²) in [7, 11) is 3.02. The zero-order valence-electron chi connectivity index (χ0n) is 11.9. The van der Waals surface area contributed by atoms with E-state index in [0.29, 0.717) is 35.3 Å². The molecule has 0 saturated carbocycles. The van der Waals surface area contributed by atoms with Crippen molar-refractivity contribution in [2.45, 2.75) is 20.3 Å². The van der Waals surface area contributed by atoms with Gasteiger partial charge in [0.05, 0.1) is 20.8 Å². The number of rotatable bonds is 7. The molecule has 0 atom stereocenters. The molecule has 0 aliphatic rings. The van der Waals surface area contributed by atoms with Gasteiger partial charge in [0.1, 0.15) is 0 Å². The molecule has 1 aromatic rings. The van der Waals surface area contributed by atoms with Crippen LogP contribution in [0.1, 0.15) is 30.6 Å². The van der Waals surface area contributed by atoms with Crippen LogP contribution >= 0.6 is 0 Å². The largest absolute Gasteiger partial charge is 0.493 e. The Kier molecular flexibility index (Phi) is 5.48. The lowest BCUT2D eigenvalue weighted by atomic mass is 10.1. The van der Waals surface area contributed by atoms with Gasteiger partial charge in [-0.15, -0.1) is 0 Å². The summed E-state index contributed by atoms with van der Waals surface area (Å²) in [5.41, 5.74) is 5.58. The molecular formula is C14H21NO4. The van der Waals surface area contributed by atoms with Crippen LogP contribution in [-0.4, -0.2) is 26.7 Å². The lowest BCUT2D eigenvalue weighted by Crippen LogP contribution is -2.12. The summed E-state index contributed by atoms with van der Waals surface area (Å²) in [5.74, 6) is 1.39. The molecule has 0 saturated heterocycles. The molecule has 5 heteroatoms. The van der Waals surface area contributed by atoms with Gasteiger partial charge in [-0.05, 0) is 24.5 Å². The highest BCUT2D eigenvalue weighted by Crippen LogP contribution is 2.38. The second kappa shape index (κ2) is 6.87.